The predicted octanol–water partition coefficient (Wildman–Crippen LogP) is 3.90. The Morgan fingerprint density at radius 1 is 1.04 bits per heavy atom. The molecule has 0 saturated heterocycles. The van der Waals surface area contributed by atoms with Gasteiger partial charge in [-0.05, 0) is 29.8 Å². The van der Waals surface area contributed by atoms with E-state index in [0.29, 0.717) is 33.3 Å². The van der Waals surface area contributed by atoms with E-state index in [1.54, 1.807) is 28.9 Å². The van der Waals surface area contributed by atoms with Crippen molar-refractivity contribution in [3.63, 3.8) is 0 Å². The van der Waals surface area contributed by atoms with Gasteiger partial charge >= 0.3 is 0 Å². The number of carbonyl (C=O) groups is 1. The molecule has 4 rings (SSSR count). The van der Waals surface area contributed by atoms with Crippen LogP contribution in [0.5, 0.6) is 0 Å². The third kappa shape index (κ3) is 3.99. The number of rotatable bonds is 6. The Kier molecular flexibility index (Phi) is 5.13. The van der Waals surface area contributed by atoms with Crippen LogP contribution >= 0.6 is 23.4 Å². The molecule has 0 aliphatic carbocycles. The highest BCUT2D eigenvalue weighted by Crippen LogP contribution is 2.24. The number of Topliss-reactive ketones (excluding diaryl/α,β-unsaturated/α-hetero) is 1. The molecule has 0 spiro atoms. The monoisotopic (exact) mass is 395 g/mol. The summed E-state index contributed by atoms with van der Waals surface area (Å²) in [5.41, 5.74) is 2.97. The van der Waals surface area contributed by atoms with Crippen molar-refractivity contribution in [2.45, 2.75) is 11.6 Å². The molecule has 8 heteroatoms. The van der Waals surface area contributed by atoms with Crippen LogP contribution in [0.4, 0.5) is 0 Å². The molecule has 2 aromatic heterocycles. The molecule has 4 aromatic rings. The maximum atomic E-state index is 12.4. The Bertz CT molecular complexity index is 1080. The van der Waals surface area contributed by atoms with E-state index in [0.717, 1.165) is 5.56 Å². The van der Waals surface area contributed by atoms with Crippen LogP contribution in [0.15, 0.2) is 66.0 Å². The van der Waals surface area contributed by atoms with Crippen LogP contribution in [-0.4, -0.2) is 36.5 Å². The van der Waals surface area contributed by atoms with Gasteiger partial charge in [-0.3, -0.25) is 4.79 Å². The fourth-order valence-corrected chi connectivity index (χ4v) is 3.54. The lowest BCUT2D eigenvalue weighted by molar-refractivity contribution is 0.102. The zero-order valence-electron chi connectivity index (χ0n) is 14.1. The number of halogens is 1. The quantitative estimate of drug-likeness (QED) is 0.280. The maximum absolute atomic E-state index is 12.4. The summed E-state index contributed by atoms with van der Waals surface area (Å²) in [4.78, 5) is 20.9. The summed E-state index contributed by atoms with van der Waals surface area (Å²) in [5, 5.41) is 9.66. The van der Waals surface area contributed by atoms with Crippen molar-refractivity contribution in [2.24, 2.45) is 0 Å². The number of carbonyl (C=O) groups excluding carboxylic acids is 1. The Labute approximate surface area is 164 Å². The number of hydrogen-bond donors (Lipinski definition) is 0. The van der Waals surface area contributed by atoms with E-state index in [9.17, 15) is 4.79 Å². The van der Waals surface area contributed by atoms with E-state index < -0.39 is 0 Å². The number of nitrogens with zero attached hydrogens (tertiary/aromatic N) is 5. The van der Waals surface area contributed by atoms with Crippen LogP contribution in [0.3, 0.4) is 0 Å². The van der Waals surface area contributed by atoms with Crippen LogP contribution in [0, 0.1) is 0 Å². The van der Waals surface area contributed by atoms with E-state index in [2.05, 4.69) is 20.3 Å². The van der Waals surface area contributed by atoms with Gasteiger partial charge in [0.15, 0.2) is 16.9 Å². The molecule has 0 aliphatic rings. The van der Waals surface area contributed by atoms with E-state index >= 15 is 0 Å². The first-order valence-electron chi connectivity index (χ1n) is 8.20. The zero-order chi connectivity index (χ0) is 18.6. The summed E-state index contributed by atoms with van der Waals surface area (Å²) in [6.07, 6.45) is 1.47. The summed E-state index contributed by atoms with van der Waals surface area (Å²) < 4.78 is 1.73. The number of ketones is 1. The highest BCUT2D eigenvalue weighted by Gasteiger charge is 2.14. The third-order valence-electron chi connectivity index (χ3n) is 3.95. The SMILES string of the molecule is O=C(CSc1ncnc2c1nnn2Cc1ccccc1)c1ccc(Cl)cc1. The summed E-state index contributed by atoms with van der Waals surface area (Å²) in [6.45, 7) is 0.572. The fraction of sp³-hybridized carbons (Fsp3) is 0.105. The molecule has 0 atom stereocenters. The van der Waals surface area contributed by atoms with Gasteiger partial charge in [-0.2, -0.15) is 0 Å². The molecule has 0 bridgehead atoms. The average molecular weight is 396 g/mol. The number of thioether (sulfide) groups is 1. The Morgan fingerprint density at radius 2 is 1.81 bits per heavy atom. The minimum absolute atomic E-state index is 0.0000984. The lowest BCUT2D eigenvalue weighted by Gasteiger charge is -2.03. The topological polar surface area (TPSA) is 73.6 Å². The summed E-state index contributed by atoms with van der Waals surface area (Å²) in [7, 11) is 0. The van der Waals surface area contributed by atoms with Gasteiger partial charge in [0.2, 0.25) is 0 Å². The first-order chi connectivity index (χ1) is 13.2. The van der Waals surface area contributed by atoms with Crippen LogP contribution in [0.2, 0.25) is 5.02 Å². The Balaban J connectivity index is 1.52. The number of aromatic nitrogens is 5. The third-order valence-corrected chi connectivity index (χ3v) is 5.18. The van der Waals surface area contributed by atoms with Crippen LogP contribution in [0.1, 0.15) is 15.9 Å². The van der Waals surface area contributed by atoms with Gasteiger partial charge in [0.25, 0.3) is 0 Å². The molecular weight excluding hydrogens is 382 g/mol. The van der Waals surface area contributed by atoms with Gasteiger partial charge in [0.1, 0.15) is 11.4 Å². The summed E-state index contributed by atoms with van der Waals surface area (Å²) in [6, 6.07) is 16.8. The number of fused-ring (bicyclic) bond motifs is 1. The molecule has 0 N–H and O–H groups in total. The highest BCUT2D eigenvalue weighted by molar-refractivity contribution is 8.00. The lowest BCUT2D eigenvalue weighted by Crippen LogP contribution is -2.04. The second-order valence-electron chi connectivity index (χ2n) is 5.80. The van der Waals surface area contributed by atoms with Crippen molar-refractivity contribution >= 4 is 40.3 Å². The van der Waals surface area contributed by atoms with Gasteiger partial charge in [-0.1, -0.05) is 58.9 Å². The van der Waals surface area contributed by atoms with Gasteiger partial charge in [0.05, 0.1) is 12.3 Å². The molecule has 2 aromatic carbocycles. The van der Waals surface area contributed by atoms with Gasteiger partial charge < -0.3 is 0 Å². The van der Waals surface area contributed by atoms with E-state index in [-0.39, 0.29) is 11.5 Å². The molecule has 2 heterocycles. The largest absolute Gasteiger partial charge is 0.293 e. The van der Waals surface area contributed by atoms with Gasteiger partial charge in [0, 0.05) is 10.6 Å². The maximum Gasteiger partial charge on any atom is 0.183 e. The second kappa shape index (κ2) is 7.85. The molecule has 0 unspecified atom stereocenters. The molecule has 6 nitrogen and oxygen atoms in total. The minimum Gasteiger partial charge on any atom is -0.293 e. The molecule has 134 valence electrons. The molecular formula is C19H14ClN5OS. The molecule has 0 radical (unpaired) electrons. The van der Waals surface area contributed by atoms with E-state index in [4.69, 9.17) is 11.6 Å². The van der Waals surface area contributed by atoms with Crippen LogP contribution in [0.25, 0.3) is 11.2 Å². The molecule has 0 aliphatic heterocycles. The van der Waals surface area contributed by atoms with E-state index in [1.807, 2.05) is 30.3 Å². The first-order valence-corrected chi connectivity index (χ1v) is 9.57. The smallest absolute Gasteiger partial charge is 0.183 e. The standard InChI is InChI=1S/C19H14ClN5OS/c20-15-8-6-14(7-9-15)16(26)11-27-19-17-18(21-12-22-19)25(24-23-17)10-13-4-2-1-3-5-13/h1-9,12H,10-11H2. The van der Waals surface area contributed by atoms with Crippen LogP contribution < -0.4 is 0 Å². The van der Waals surface area contributed by atoms with Crippen molar-refractivity contribution in [2.75, 3.05) is 5.75 Å². The van der Waals surface area contributed by atoms with Crippen LogP contribution in [-0.2, 0) is 6.54 Å². The number of benzene rings is 2. The number of hydrogen-bond acceptors (Lipinski definition) is 6. The predicted molar refractivity (Wildman–Crippen MR) is 105 cm³/mol. The molecule has 0 saturated carbocycles. The normalized spacial score (nSPS) is 11.0. The lowest BCUT2D eigenvalue weighted by atomic mass is 10.1. The van der Waals surface area contributed by atoms with Gasteiger partial charge in [-0.25, -0.2) is 14.6 Å². The molecule has 27 heavy (non-hydrogen) atoms. The zero-order valence-corrected chi connectivity index (χ0v) is 15.7. The van der Waals surface area contributed by atoms with Crippen molar-refractivity contribution < 1.29 is 4.79 Å². The highest BCUT2D eigenvalue weighted by atomic mass is 35.5. The Hall–Kier alpha value is -2.77. The van der Waals surface area contributed by atoms with E-state index in [1.165, 1.54) is 18.1 Å². The fourth-order valence-electron chi connectivity index (χ4n) is 2.59. The summed E-state index contributed by atoms with van der Waals surface area (Å²) in [5.74, 6) is 0.249. The van der Waals surface area contributed by atoms with Gasteiger partial charge in [-0.15, -0.1) is 5.10 Å². The summed E-state index contributed by atoms with van der Waals surface area (Å²) >= 11 is 7.19. The molecule has 0 amide bonds. The first kappa shape index (κ1) is 17.6. The van der Waals surface area contributed by atoms with Crippen molar-refractivity contribution in [1.82, 2.24) is 25.0 Å². The second-order valence-corrected chi connectivity index (χ2v) is 7.20. The molecule has 0 fully saturated rings. The average Bonchev–Trinajstić information content (AvgIpc) is 3.11. The van der Waals surface area contributed by atoms with Crippen molar-refractivity contribution in [1.29, 1.82) is 0 Å². The van der Waals surface area contributed by atoms with Crippen molar-refractivity contribution in [3.05, 3.63) is 77.1 Å². The van der Waals surface area contributed by atoms with Crippen molar-refractivity contribution in [3.8, 4) is 0 Å². The minimum atomic E-state index is 0.0000984. The Morgan fingerprint density at radius 3 is 2.59 bits per heavy atom.